The van der Waals surface area contributed by atoms with Crippen molar-refractivity contribution in [3.8, 4) is 11.1 Å². The molecule has 158 valence electrons. The van der Waals surface area contributed by atoms with E-state index in [0.717, 1.165) is 16.7 Å². The molecule has 1 aliphatic rings. The van der Waals surface area contributed by atoms with Crippen LogP contribution in [0.2, 0.25) is 0 Å². The summed E-state index contributed by atoms with van der Waals surface area (Å²) in [6.45, 7) is 0.216. The average molecular weight is 415 g/mol. The van der Waals surface area contributed by atoms with E-state index < -0.39 is 12.1 Å². The van der Waals surface area contributed by atoms with Gasteiger partial charge in [0.25, 0.3) is 0 Å². The van der Waals surface area contributed by atoms with Gasteiger partial charge < -0.3 is 15.0 Å². The van der Waals surface area contributed by atoms with E-state index in [4.69, 9.17) is 4.74 Å². The smallest absolute Gasteiger partial charge is 0.407 e. The minimum atomic E-state index is -0.687. The van der Waals surface area contributed by atoms with Crippen molar-refractivity contribution in [2.24, 2.45) is 0 Å². The Kier molecular flexibility index (Phi) is 6.03. The van der Waals surface area contributed by atoms with Gasteiger partial charge in [0.2, 0.25) is 5.91 Å². The van der Waals surface area contributed by atoms with E-state index in [1.807, 2.05) is 54.6 Å². The summed E-state index contributed by atoms with van der Waals surface area (Å²) in [5.41, 5.74) is 5.64. The number of alkyl carbamates (subject to hydrolysis) is 1. The van der Waals surface area contributed by atoms with Crippen LogP contribution < -0.4 is 5.32 Å². The largest absolute Gasteiger partial charge is 0.449 e. The van der Waals surface area contributed by atoms with Crippen LogP contribution in [0.1, 0.15) is 22.6 Å². The van der Waals surface area contributed by atoms with Gasteiger partial charge >= 0.3 is 6.09 Å². The highest BCUT2D eigenvalue weighted by atomic mass is 16.5. The molecule has 0 fully saturated rings. The Balaban J connectivity index is 1.46. The minimum Gasteiger partial charge on any atom is -0.449 e. The van der Waals surface area contributed by atoms with E-state index in [1.54, 1.807) is 14.1 Å². The zero-order chi connectivity index (χ0) is 21.8. The summed E-state index contributed by atoms with van der Waals surface area (Å²) in [4.78, 5) is 26.8. The molecule has 0 spiro atoms. The van der Waals surface area contributed by atoms with E-state index in [-0.39, 0.29) is 18.4 Å². The number of amides is 2. The molecule has 1 unspecified atom stereocenters. The molecule has 4 rings (SSSR count). The third-order valence-corrected chi connectivity index (χ3v) is 5.66. The molecule has 0 bridgehead atoms. The number of hydrogen-bond acceptors (Lipinski definition) is 3. The number of carbonyl (C=O) groups is 2. The van der Waals surface area contributed by atoms with Crippen LogP contribution in [0.15, 0.2) is 78.9 Å². The fraction of sp³-hybridized carbons (Fsp3) is 0.231. The van der Waals surface area contributed by atoms with E-state index in [2.05, 4.69) is 29.6 Å². The lowest BCUT2D eigenvalue weighted by Crippen LogP contribution is -2.47. The molecule has 0 saturated heterocycles. The van der Waals surface area contributed by atoms with Gasteiger partial charge in [-0.2, -0.15) is 0 Å². The highest BCUT2D eigenvalue weighted by Crippen LogP contribution is 2.44. The van der Waals surface area contributed by atoms with Crippen molar-refractivity contribution in [3.05, 3.63) is 95.6 Å². The van der Waals surface area contributed by atoms with E-state index >= 15 is 0 Å². The van der Waals surface area contributed by atoms with Crippen molar-refractivity contribution in [2.45, 2.75) is 18.4 Å². The zero-order valence-electron chi connectivity index (χ0n) is 17.7. The van der Waals surface area contributed by atoms with Gasteiger partial charge in [0, 0.05) is 26.4 Å². The molecule has 0 aromatic heterocycles. The number of likely N-dealkylation sites (N-methyl/N-ethyl adjacent to an activating group) is 1. The van der Waals surface area contributed by atoms with Gasteiger partial charge in [-0.3, -0.25) is 4.79 Å². The monoisotopic (exact) mass is 414 g/mol. The predicted octanol–water partition coefficient (Wildman–Crippen LogP) is 4.22. The van der Waals surface area contributed by atoms with Crippen LogP contribution in [0, 0.1) is 0 Å². The Labute approximate surface area is 182 Å². The Bertz CT molecular complexity index is 1030. The molecule has 1 atom stereocenters. The number of nitrogens with zero attached hydrogens (tertiary/aromatic N) is 1. The van der Waals surface area contributed by atoms with Gasteiger partial charge in [-0.15, -0.1) is 0 Å². The maximum Gasteiger partial charge on any atom is 0.407 e. The molecule has 5 nitrogen and oxygen atoms in total. The normalized spacial score (nSPS) is 13.1. The number of nitrogens with one attached hydrogen (secondary N) is 1. The molecule has 1 aliphatic carbocycles. The second-order valence-electron chi connectivity index (χ2n) is 7.94. The molecule has 31 heavy (non-hydrogen) atoms. The highest BCUT2D eigenvalue weighted by molar-refractivity contribution is 5.85. The van der Waals surface area contributed by atoms with E-state index in [0.29, 0.717) is 6.42 Å². The SMILES string of the molecule is CN(C)C(=O)C(Cc1ccccc1)NC(=O)OCC1c2ccccc2-c2ccccc21. The van der Waals surface area contributed by atoms with Crippen molar-refractivity contribution < 1.29 is 14.3 Å². The second kappa shape index (κ2) is 9.04. The quantitative estimate of drug-likeness (QED) is 0.657. The van der Waals surface area contributed by atoms with Crippen LogP contribution in [-0.2, 0) is 16.0 Å². The lowest BCUT2D eigenvalue weighted by molar-refractivity contribution is -0.130. The number of hydrogen-bond donors (Lipinski definition) is 1. The van der Waals surface area contributed by atoms with Crippen molar-refractivity contribution in [2.75, 3.05) is 20.7 Å². The van der Waals surface area contributed by atoms with Crippen LogP contribution in [0.3, 0.4) is 0 Å². The number of rotatable bonds is 6. The molecule has 3 aromatic carbocycles. The summed E-state index contributed by atoms with van der Waals surface area (Å²) in [6, 6.07) is 25.3. The second-order valence-corrected chi connectivity index (χ2v) is 7.94. The number of ether oxygens (including phenoxy) is 1. The maximum absolute atomic E-state index is 12.6. The zero-order valence-corrected chi connectivity index (χ0v) is 17.7. The van der Waals surface area contributed by atoms with Gasteiger partial charge in [-0.05, 0) is 27.8 Å². The Morgan fingerprint density at radius 1 is 0.871 bits per heavy atom. The predicted molar refractivity (Wildman–Crippen MR) is 121 cm³/mol. The third kappa shape index (κ3) is 4.45. The number of fused-ring (bicyclic) bond motifs is 3. The maximum atomic E-state index is 12.6. The molecule has 2 amide bonds. The first-order chi connectivity index (χ1) is 15.0. The van der Waals surface area contributed by atoms with Crippen LogP contribution in [0.5, 0.6) is 0 Å². The number of carbonyl (C=O) groups excluding carboxylic acids is 2. The van der Waals surface area contributed by atoms with Crippen molar-refractivity contribution in [3.63, 3.8) is 0 Å². The summed E-state index contributed by atoms with van der Waals surface area (Å²) in [7, 11) is 3.36. The van der Waals surface area contributed by atoms with Crippen LogP contribution in [0.4, 0.5) is 4.79 Å². The Morgan fingerprint density at radius 3 is 2.00 bits per heavy atom. The molecule has 0 heterocycles. The average Bonchev–Trinajstić information content (AvgIpc) is 3.11. The van der Waals surface area contributed by atoms with E-state index in [1.165, 1.54) is 16.0 Å². The highest BCUT2D eigenvalue weighted by Gasteiger charge is 2.30. The summed E-state index contributed by atoms with van der Waals surface area (Å²) < 4.78 is 5.62. The first-order valence-corrected chi connectivity index (χ1v) is 10.4. The molecule has 0 saturated carbocycles. The van der Waals surface area contributed by atoms with Crippen LogP contribution >= 0.6 is 0 Å². The van der Waals surface area contributed by atoms with Gasteiger partial charge in [0.05, 0.1) is 0 Å². The van der Waals surface area contributed by atoms with Crippen molar-refractivity contribution >= 4 is 12.0 Å². The summed E-state index contributed by atoms with van der Waals surface area (Å²) in [5.74, 6) is -0.187. The summed E-state index contributed by atoms with van der Waals surface area (Å²) in [6.07, 6.45) is -0.180. The molecule has 0 aliphatic heterocycles. The van der Waals surface area contributed by atoms with Crippen molar-refractivity contribution in [1.29, 1.82) is 0 Å². The fourth-order valence-corrected chi connectivity index (χ4v) is 4.14. The Hall–Kier alpha value is -3.60. The third-order valence-electron chi connectivity index (χ3n) is 5.66. The van der Waals surface area contributed by atoms with Gasteiger partial charge in [0.15, 0.2) is 0 Å². The van der Waals surface area contributed by atoms with Gasteiger partial charge in [-0.1, -0.05) is 78.9 Å². The summed E-state index contributed by atoms with van der Waals surface area (Å²) >= 11 is 0. The van der Waals surface area contributed by atoms with Crippen LogP contribution in [0.25, 0.3) is 11.1 Å². The minimum absolute atomic E-state index is 0.0183. The Morgan fingerprint density at radius 2 is 1.42 bits per heavy atom. The fourth-order valence-electron chi connectivity index (χ4n) is 4.14. The van der Waals surface area contributed by atoms with Gasteiger partial charge in [0.1, 0.15) is 12.6 Å². The molecule has 3 aromatic rings. The van der Waals surface area contributed by atoms with Crippen LogP contribution in [-0.4, -0.2) is 43.6 Å². The topological polar surface area (TPSA) is 58.6 Å². The lowest BCUT2D eigenvalue weighted by atomic mass is 9.98. The summed E-state index contributed by atoms with van der Waals surface area (Å²) in [5, 5.41) is 2.77. The molecular formula is C26H26N2O3. The first-order valence-electron chi connectivity index (χ1n) is 10.4. The van der Waals surface area contributed by atoms with Gasteiger partial charge in [-0.25, -0.2) is 4.79 Å². The lowest BCUT2D eigenvalue weighted by Gasteiger charge is -2.22. The molecule has 1 N–H and O–H groups in total. The first kappa shape index (κ1) is 20.7. The van der Waals surface area contributed by atoms with E-state index in [9.17, 15) is 9.59 Å². The number of benzene rings is 3. The molecule has 0 radical (unpaired) electrons. The molecule has 5 heteroatoms. The molecular weight excluding hydrogens is 388 g/mol. The van der Waals surface area contributed by atoms with Crippen molar-refractivity contribution in [1.82, 2.24) is 10.2 Å². The standard InChI is InChI=1S/C26H26N2O3/c1-28(2)25(29)24(16-18-10-4-3-5-11-18)27-26(30)31-17-23-21-14-8-6-12-19(21)20-13-7-9-15-22(20)23/h3-15,23-24H,16-17H2,1-2H3,(H,27,30).